The van der Waals surface area contributed by atoms with Crippen LogP contribution >= 0.6 is 0 Å². The highest BCUT2D eigenvalue weighted by Crippen LogP contribution is 2.33. The Balaban J connectivity index is 1.90. The van der Waals surface area contributed by atoms with E-state index in [9.17, 15) is 18.0 Å². The van der Waals surface area contributed by atoms with E-state index in [1.807, 2.05) is 0 Å². The number of hydrogen-bond donors (Lipinski definition) is 4. The van der Waals surface area contributed by atoms with Gasteiger partial charge >= 0.3 is 5.97 Å². The third-order valence-electron chi connectivity index (χ3n) is 3.99. The van der Waals surface area contributed by atoms with Crippen LogP contribution in [0.4, 0.5) is 11.4 Å². The number of amides is 1. The van der Waals surface area contributed by atoms with Gasteiger partial charge in [0, 0.05) is 29.2 Å². The van der Waals surface area contributed by atoms with Gasteiger partial charge < -0.3 is 15.7 Å². The molecule has 0 radical (unpaired) electrons. The first kappa shape index (κ1) is 19.6. The molecule has 1 aliphatic rings. The van der Waals surface area contributed by atoms with Crippen molar-refractivity contribution in [2.45, 2.75) is 24.8 Å². The predicted molar refractivity (Wildman–Crippen MR) is 106 cm³/mol. The first-order valence-electron chi connectivity index (χ1n) is 8.45. The first-order chi connectivity index (χ1) is 13.2. The Bertz CT molecular complexity index is 1070. The molecule has 0 aliphatic carbocycles. The summed E-state index contributed by atoms with van der Waals surface area (Å²) >= 11 is 0. The van der Waals surface area contributed by atoms with E-state index < -0.39 is 16.0 Å². The number of carboxylic acids is 1. The lowest BCUT2D eigenvalue weighted by Gasteiger charge is -2.10. The van der Waals surface area contributed by atoms with Crippen LogP contribution in [-0.4, -0.2) is 31.4 Å². The van der Waals surface area contributed by atoms with Crippen molar-refractivity contribution in [3.63, 3.8) is 0 Å². The van der Waals surface area contributed by atoms with Gasteiger partial charge in [0.15, 0.2) is 0 Å². The zero-order chi connectivity index (χ0) is 20.5. The van der Waals surface area contributed by atoms with E-state index >= 15 is 0 Å². The lowest BCUT2D eigenvalue weighted by Crippen LogP contribution is -2.30. The molecule has 0 aromatic heterocycles. The minimum atomic E-state index is -3.69. The summed E-state index contributed by atoms with van der Waals surface area (Å²) in [4.78, 5) is 23.2. The third-order valence-corrected chi connectivity index (χ3v) is 5.65. The van der Waals surface area contributed by atoms with E-state index in [1.165, 1.54) is 30.5 Å². The van der Waals surface area contributed by atoms with Gasteiger partial charge in [-0.25, -0.2) is 17.9 Å². The molecule has 2 aromatic carbocycles. The molecular formula is C19H19N3O5S. The van der Waals surface area contributed by atoms with E-state index in [-0.39, 0.29) is 28.0 Å². The average Bonchev–Trinajstić information content (AvgIpc) is 2.93. The largest absolute Gasteiger partial charge is 0.478 e. The van der Waals surface area contributed by atoms with Crippen LogP contribution in [-0.2, 0) is 14.8 Å². The van der Waals surface area contributed by atoms with Crippen molar-refractivity contribution in [3.8, 4) is 0 Å². The molecule has 0 atom stereocenters. The lowest BCUT2D eigenvalue weighted by atomic mass is 10.1. The maximum Gasteiger partial charge on any atom is 0.335 e. The summed E-state index contributed by atoms with van der Waals surface area (Å²) in [7, 11) is -3.69. The van der Waals surface area contributed by atoms with Crippen molar-refractivity contribution in [2.24, 2.45) is 0 Å². The molecule has 28 heavy (non-hydrogen) atoms. The fourth-order valence-corrected chi connectivity index (χ4v) is 4.00. The molecule has 146 valence electrons. The second-order valence-corrected chi connectivity index (χ2v) is 8.24. The highest BCUT2D eigenvalue weighted by molar-refractivity contribution is 7.89. The Kier molecular flexibility index (Phi) is 5.21. The summed E-state index contributed by atoms with van der Waals surface area (Å²) in [5.41, 5.74) is 1.99. The quantitative estimate of drug-likeness (QED) is 0.551. The fraction of sp³-hybridized carbons (Fsp3) is 0.158. The van der Waals surface area contributed by atoms with E-state index in [0.29, 0.717) is 16.9 Å². The molecule has 0 unspecified atom stereocenters. The van der Waals surface area contributed by atoms with E-state index in [0.717, 1.165) is 0 Å². The molecule has 3 rings (SSSR count). The van der Waals surface area contributed by atoms with Gasteiger partial charge in [-0.15, -0.1) is 0 Å². The van der Waals surface area contributed by atoms with Crippen molar-refractivity contribution >= 4 is 38.8 Å². The minimum Gasteiger partial charge on any atom is -0.478 e. The number of fused-ring (bicyclic) bond motifs is 1. The molecule has 2 aromatic rings. The third kappa shape index (κ3) is 4.05. The van der Waals surface area contributed by atoms with E-state index in [2.05, 4.69) is 15.4 Å². The number of rotatable bonds is 6. The minimum absolute atomic E-state index is 0.0631. The number of carbonyl (C=O) groups is 2. The Morgan fingerprint density at radius 1 is 1.14 bits per heavy atom. The summed E-state index contributed by atoms with van der Waals surface area (Å²) in [5, 5.41) is 14.5. The summed E-state index contributed by atoms with van der Waals surface area (Å²) in [6.45, 7) is 3.45. The first-order valence-corrected chi connectivity index (χ1v) is 9.94. The van der Waals surface area contributed by atoms with Crippen molar-refractivity contribution in [3.05, 3.63) is 59.8 Å². The Labute approximate surface area is 162 Å². The van der Waals surface area contributed by atoms with Crippen molar-refractivity contribution in [1.82, 2.24) is 4.72 Å². The van der Waals surface area contributed by atoms with Crippen LogP contribution in [0.15, 0.2) is 53.6 Å². The molecule has 0 spiro atoms. The Morgan fingerprint density at radius 2 is 1.82 bits per heavy atom. The second kappa shape index (κ2) is 7.45. The fourth-order valence-electron chi connectivity index (χ4n) is 2.72. The average molecular weight is 401 g/mol. The zero-order valence-electron chi connectivity index (χ0n) is 15.2. The predicted octanol–water partition coefficient (Wildman–Crippen LogP) is 2.48. The number of nitrogens with one attached hydrogen (secondary N) is 3. The molecule has 8 nitrogen and oxygen atoms in total. The summed E-state index contributed by atoms with van der Waals surface area (Å²) < 4.78 is 27.3. The Morgan fingerprint density at radius 3 is 2.43 bits per heavy atom. The molecular weight excluding hydrogens is 382 g/mol. The Hall–Kier alpha value is -3.17. The van der Waals surface area contributed by atoms with E-state index in [4.69, 9.17) is 5.11 Å². The van der Waals surface area contributed by atoms with Crippen LogP contribution in [0.1, 0.15) is 29.8 Å². The second-order valence-electron chi connectivity index (χ2n) is 6.52. The summed E-state index contributed by atoms with van der Waals surface area (Å²) in [6.07, 6.45) is 1.46. The van der Waals surface area contributed by atoms with Crippen molar-refractivity contribution in [2.75, 3.05) is 10.6 Å². The normalized spacial score (nSPS) is 14.8. The molecule has 1 amide bonds. The van der Waals surface area contributed by atoms with Gasteiger partial charge in [0.1, 0.15) is 0 Å². The molecule has 0 saturated carbocycles. The van der Waals surface area contributed by atoms with Gasteiger partial charge in [-0.1, -0.05) is 0 Å². The van der Waals surface area contributed by atoms with Crippen LogP contribution in [0.3, 0.4) is 0 Å². The molecule has 0 fully saturated rings. The topological polar surface area (TPSA) is 125 Å². The van der Waals surface area contributed by atoms with Gasteiger partial charge in [0.05, 0.1) is 16.0 Å². The van der Waals surface area contributed by atoms with Crippen LogP contribution < -0.4 is 15.4 Å². The van der Waals surface area contributed by atoms with Gasteiger partial charge in [0.25, 0.3) is 5.91 Å². The maximum absolute atomic E-state index is 12.4. The number of carboxylic acid groups (broad SMARTS) is 1. The number of carbonyl (C=O) groups excluding carboxylic acids is 1. The van der Waals surface area contributed by atoms with Gasteiger partial charge in [-0.2, -0.15) is 0 Å². The monoisotopic (exact) mass is 401 g/mol. The highest BCUT2D eigenvalue weighted by Gasteiger charge is 2.27. The van der Waals surface area contributed by atoms with Crippen molar-refractivity contribution in [1.29, 1.82) is 0 Å². The molecule has 1 aliphatic heterocycles. The molecule has 4 N–H and O–H groups in total. The number of aromatic carboxylic acids is 1. The van der Waals surface area contributed by atoms with Gasteiger partial charge in [-0.3, -0.25) is 4.79 Å². The standard InChI is InChI=1S/C19H19N3O5S/c1-11(2)22-28(26,27)14-7-8-17-15(9-14)16(18(23)21-17)10-20-13-5-3-12(4-6-13)19(24)25/h3-11,20,22H,1-2H3,(H,21,23)(H,24,25)/b16-10-. The molecule has 0 bridgehead atoms. The SMILES string of the molecule is CC(C)NS(=O)(=O)c1ccc2c(c1)/C(=C/Nc1ccc(C(=O)O)cc1)C(=O)N2. The van der Waals surface area contributed by atoms with Crippen LogP contribution in [0.5, 0.6) is 0 Å². The molecule has 0 saturated heterocycles. The number of benzene rings is 2. The summed E-state index contributed by atoms with van der Waals surface area (Å²) in [5.74, 6) is -1.39. The number of sulfonamides is 1. The van der Waals surface area contributed by atoms with Crippen LogP contribution in [0, 0.1) is 0 Å². The number of hydrogen-bond acceptors (Lipinski definition) is 5. The zero-order valence-corrected chi connectivity index (χ0v) is 16.0. The van der Waals surface area contributed by atoms with Crippen LogP contribution in [0.2, 0.25) is 0 Å². The van der Waals surface area contributed by atoms with Crippen molar-refractivity contribution < 1.29 is 23.1 Å². The van der Waals surface area contributed by atoms with Gasteiger partial charge in [0.2, 0.25) is 10.0 Å². The summed E-state index contributed by atoms with van der Waals surface area (Å²) in [6, 6.07) is 10.2. The lowest BCUT2D eigenvalue weighted by molar-refractivity contribution is -0.110. The maximum atomic E-state index is 12.4. The van der Waals surface area contributed by atoms with E-state index in [1.54, 1.807) is 32.0 Å². The molecule has 9 heteroatoms. The van der Waals surface area contributed by atoms with Gasteiger partial charge in [-0.05, 0) is 56.3 Å². The van der Waals surface area contributed by atoms with Crippen LogP contribution in [0.25, 0.3) is 5.57 Å². The smallest absolute Gasteiger partial charge is 0.335 e. The highest BCUT2D eigenvalue weighted by atomic mass is 32.2. The number of anilines is 2. The molecule has 1 heterocycles.